The molecule has 1 saturated heterocycles. The number of nitrogens with two attached hydrogens (primary N) is 1. The zero-order chi connectivity index (χ0) is 20.4. The van der Waals surface area contributed by atoms with Crippen molar-refractivity contribution in [1.29, 1.82) is 0 Å². The number of carbonyl (C=O) groups is 1. The second-order valence-corrected chi connectivity index (χ2v) is 7.96. The number of aliphatic imine (C=N–C) groups is 1. The zero-order valence-electron chi connectivity index (χ0n) is 17.0. The Morgan fingerprint density at radius 2 is 2.00 bits per heavy atom. The van der Waals surface area contributed by atoms with Crippen LogP contribution in [0.3, 0.4) is 0 Å². The molecule has 2 atom stereocenters. The van der Waals surface area contributed by atoms with Gasteiger partial charge in [0.25, 0.3) is 0 Å². The molecular formula is C21H28FIN6O. The molecule has 2 fully saturated rings. The minimum atomic E-state index is -0.288. The number of hydrogen-bond acceptors (Lipinski definition) is 3. The number of rotatable bonds is 5. The van der Waals surface area contributed by atoms with E-state index in [1.165, 1.54) is 25.0 Å². The topological polar surface area (TPSA) is 88.5 Å². The number of carbonyl (C=O) groups excluding carboxylic acids is 1. The Morgan fingerprint density at radius 1 is 1.30 bits per heavy atom. The van der Waals surface area contributed by atoms with Crippen LogP contribution in [-0.2, 0) is 4.79 Å². The molecule has 1 aliphatic carbocycles. The van der Waals surface area contributed by atoms with Crippen molar-refractivity contribution in [3.8, 4) is 5.69 Å². The van der Waals surface area contributed by atoms with Crippen molar-refractivity contribution < 1.29 is 9.18 Å². The molecule has 3 N–H and O–H groups in total. The highest BCUT2D eigenvalue weighted by Gasteiger charge is 2.39. The quantitative estimate of drug-likeness (QED) is 0.356. The number of aromatic nitrogens is 2. The molecule has 162 valence electrons. The maximum atomic E-state index is 13.2. The first-order chi connectivity index (χ1) is 14.0. The van der Waals surface area contributed by atoms with Crippen LogP contribution in [-0.4, -0.2) is 46.2 Å². The largest absolute Gasteiger partial charge is 0.370 e. The number of amides is 1. The third-order valence-electron chi connectivity index (χ3n) is 5.93. The molecule has 1 aromatic heterocycles. The van der Waals surface area contributed by atoms with Crippen molar-refractivity contribution in [2.24, 2.45) is 16.6 Å². The van der Waals surface area contributed by atoms with Crippen LogP contribution < -0.4 is 11.1 Å². The number of likely N-dealkylation sites (tertiary alicyclic amines) is 1. The van der Waals surface area contributed by atoms with Gasteiger partial charge >= 0.3 is 0 Å². The molecule has 0 radical (unpaired) electrons. The van der Waals surface area contributed by atoms with E-state index in [0.717, 1.165) is 24.1 Å². The highest BCUT2D eigenvalue weighted by Crippen LogP contribution is 2.37. The number of nitrogens with one attached hydrogen (secondary N) is 1. The molecule has 4 rings (SSSR count). The highest BCUT2D eigenvalue weighted by atomic mass is 127. The summed E-state index contributed by atoms with van der Waals surface area (Å²) in [6.07, 6.45) is 8.81. The number of benzene rings is 1. The van der Waals surface area contributed by atoms with Crippen LogP contribution in [0.2, 0.25) is 0 Å². The maximum absolute atomic E-state index is 13.2. The van der Waals surface area contributed by atoms with E-state index in [0.29, 0.717) is 25.0 Å². The summed E-state index contributed by atoms with van der Waals surface area (Å²) >= 11 is 0. The standard InChI is InChI=1S/C21H27FN6O.HI/c1-27-19(29)10-14(11-24-21(23)26-17-4-2-3-5-17)20(27)15-12-25-28(13-15)18-8-6-16(22)7-9-18;/h6-9,12-14,17,20H,2-5,10-11H2,1H3,(H3,23,24,26);1H/t14-,20+;/m0./s1. The first kappa shape index (κ1) is 22.5. The fraction of sp³-hybridized carbons (Fsp3) is 0.476. The van der Waals surface area contributed by atoms with E-state index in [2.05, 4.69) is 15.4 Å². The van der Waals surface area contributed by atoms with Gasteiger partial charge < -0.3 is 16.0 Å². The van der Waals surface area contributed by atoms with Gasteiger partial charge in [-0.1, -0.05) is 12.8 Å². The van der Waals surface area contributed by atoms with Crippen molar-refractivity contribution in [2.45, 2.75) is 44.2 Å². The third kappa shape index (κ3) is 4.93. The molecule has 0 bridgehead atoms. The van der Waals surface area contributed by atoms with E-state index in [9.17, 15) is 9.18 Å². The molecule has 30 heavy (non-hydrogen) atoms. The van der Waals surface area contributed by atoms with Crippen molar-refractivity contribution in [2.75, 3.05) is 13.6 Å². The van der Waals surface area contributed by atoms with Gasteiger partial charge in [-0.15, -0.1) is 24.0 Å². The van der Waals surface area contributed by atoms with E-state index >= 15 is 0 Å². The van der Waals surface area contributed by atoms with Gasteiger partial charge in [0.15, 0.2) is 5.96 Å². The lowest BCUT2D eigenvalue weighted by molar-refractivity contribution is -0.127. The minimum absolute atomic E-state index is 0. The van der Waals surface area contributed by atoms with Crippen molar-refractivity contribution in [3.63, 3.8) is 0 Å². The molecule has 9 heteroatoms. The highest BCUT2D eigenvalue weighted by molar-refractivity contribution is 14.0. The Kier molecular flexibility index (Phi) is 7.32. The normalized spacial score (nSPS) is 22.4. The molecule has 0 unspecified atom stereocenters. The lowest BCUT2D eigenvalue weighted by Gasteiger charge is -2.23. The first-order valence-corrected chi connectivity index (χ1v) is 10.1. The second kappa shape index (κ2) is 9.76. The second-order valence-electron chi connectivity index (χ2n) is 7.96. The molecule has 1 aliphatic heterocycles. The summed E-state index contributed by atoms with van der Waals surface area (Å²) in [6, 6.07) is 6.45. The Balaban J connectivity index is 0.00000256. The third-order valence-corrected chi connectivity index (χ3v) is 5.93. The number of guanidine groups is 1. The Morgan fingerprint density at radius 3 is 2.70 bits per heavy atom. The molecule has 1 aromatic carbocycles. The van der Waals surface area contributed by atoms with Crippen molar-refractivity contribution in [1.82, 2.24) is 20.0 Å². The lowest BCUT2D eigenvalue weighted by atomic mass is 9.96. The van der Waals surface area contributed by atoms with Gasteiger partial charge in [-0.25, -0.2) is 9.07 Å². The fourth-order valence-corrected chi connectivity index (χ4v) is 4.38. The van der Waals surface area contributed by atoms with Crippen molar-refractivity contribution >= 4 is 35.8 Å². The Hall–Kier alpha value is -2.17. The Bertz CT molecular complexity index is 893. The first-order valence-electron chi connectivity index (χ1n) is 10.1. The van der Waals surface area contributed by atoms with Gasteiger partial charge in [-0.05, 0) is 37.1 Å². The number of halogens is 2. The summed E-state index contributed by atoms with van der Waals surface area (Å²) in [5.74, 6) is 0.290. The zero-order valence-corrected chi connectivity index (χ0v) is 19.3. The average molecular weight is 526 g/mol. The van der Waals surface area contributed by atoms with E-state index < -0.39 is 0 Å². The number of hydrogen-bond donors (Lipinski definition) is 2. The van der Waals surface area contributed by atoms with Crippen LogP contribution >= 0.6 is 24.0 Å². The van der Waals surface area contributed by atoms with Gasteiger partial charge in [0.05, 0.1) is 17.9 Å². The van der Waals surface area contributed by atoms with Gasteiger partial charge in [-0.2, -0.15) is 5.10 Å². The van der Waals surface area contributed by atoms with E-state index in [1.54, 1.807) is 27.9 Å². The monoisotopic (exact) mass is 526 g/mol. The summed E-state index contributed by atoms with van der Waals surface area (Å²) in [6.45, 7) is 0.480. The molecular weight excluding hydrogens is 498 g/mol. The number of nitrogens with zero attached hydrogens (tertiary/aromatic N) is 4. The van der Waals surface area contributed by atoms with Crippen LogP contribution in [0.5, 0.6) is 0 Å². The summed E-state index contributed by atoms with van der Waals surface area (Å²) in [5.41, 5.74) is 7.77. The minimum Gasteiger partial charge on any atom is -0.370 e. The molecule has 1 saturated carbocycles. The molecule has 2 heterocycles. The predicted molar refractivity (Wildman–Crippen MR) is 124 cm³/mol. The molecule has 0 spiro atoms. The lowest BCUT2D eigenvalue weighted by Crippen LogP contribution is -2.39. The van der Waals surface area contributed by atoms with E-state index in [1.807, 2.05) is 13.2 Å². The van der Waals surface area contributed by atoms with Gasteiger partial charge in [0.1, 0.15) is 5.82 Å². The molecule has 2 aromatic rings. The molecule has 2 aliphatic rings. The summed E-state index contributed by atoms with van der Waals surface area (Å²) in [7, 11) is 1.81. The van der Waals surface area contributed by atoms with Gasteiger partial charge in [0.2, 0.25) is 5.91 Å². The van der Waals surface area contributed by atoms with Crippen molar-refractivity contribution in [3.05, 3.63) is 48.0 Å². The van der Waals surface area contributed by atoms with Gasteiger partial charge in [-0.3, -0.25) is 9.79 Å². The maximum Gasteiger partial charge on any atom is 0.223 e. The smallest absolute Gasteiger partial charge is 0.223 e. The molecule has 1 amide bonds. The Labute approximate surface area is 192 Å². The van der Waals surface area contributed by atoms with Gasteiger partial charge in [0, 0.05) is 43.7 Å². The van der Waals surface area contributed by atoms with Crippen LogP contribution in [0.1, 0.15) is 43.7 Å². The van der Waals surface area contributed by atoms with E-state index in [4.69, 9.17) is 5.73 Å². The summed E-state index contributed by atoms with van der Waals surface area (Å²) < 4.78 is 14.9. The van der Waals surface area contributed by atoms with E-state index in [-0.39, 0.29) is 47.7 Å². The van der Waals surface area contributed by atoms with Crippen LogP contribution in [0.4, 0.5) is 4.39 Å². The van der Waals surface area contributed by atoms with Crippen LogP contribution in [0.25, 0.3) is 5.69 Å². The fourth-order valence-electron chi connectivity index (χ4n) is 4.38. The average Bonchev–Trinajstić information content (AvgIpc) is 3.43. The SMILES string of the molecule is CN1C(=O)C[C@@H](CN=C(N)NC2CCCC2)[C@@H]1c1cnn(-c2ccc(F)cc2)c1.I. The van der Waals surface area contributed by atoms with Crippen LogP contribution in [0.15, 0.2) is 41.7 Å². The molecule has 7 nitrogen and oxygen atoms in total. The predicted octanol–water partition coefficient (Wildman–Crippen LogP) is 3.00. The summed E-state index contributed by atoms with van der Waals surface area (Å²) in [5, 5.41) is 7.69. The van der Waals surface area contributed by atoms with Crippen LogP contribution in [0, 0.1) is 11.7 Å². The summed E-state index contributed by atoms with van der Waals surface area (Å²) in [4.78, 5) is 18.6.